The fourth-order valence-electron chi connectivity index (χ4n) is 1.65. The van der Waals surface area contributed by atoms with Crippen LogP contribution in [0.1, 0.15) is 30.1 Å². The van der Waals surface area contributed by atoms with Gasteiger partial charge in [-0.1, -0.05) is 24.9 Å². The Morgan fingerprint density at radius 2 is 2.28 bits per heavy atom. The van der Waals surface area contributed by atoms with E-state index in [1.54, 1.807) is 18.2 Å². The number of benzene rings is 1. The lowest BCUT2D eigenvalue weighted by Crippen LogP contribution is -2.29. The minimum Gasteiger partial charge on any atom is -0.396 e. The van der Waals surface area contributed by atoms with Crippen LogP contribution in [0.3, 0.4) is 0 Å². The van der Waals surface area contributed by atoms with Crippen LogP contribution in [-0.2, 0) is 0 Å². The van der Waals surface area contributed by atoms with E-state index >= 15 is 0 Å². The van der Waals surface area contributed by atoms with Gasteiger partial charge in [0.05, 0.1) is 10.6 Å². The van der Waals surface area contributed by atoms with E-state index in [4.69, 9.17) is 16.7 Å². The first kappa shape index (κ1) is 15.3. The SMILES string of the molecule is CCC(CCO)CNC(=O)c1cc(S)ccc1Cl. The molecule has 18 heavy (non-hydrogen) atoms. The number of hydrogen-bond donors (Lipinski definition) is 3. The monoisotopic (exact) mass is 287 g/mol. The highest BCUT2D eigenvalue weighted by Crippen LogP contribution is 2.19. The van der Waals surface area contributed by atoms with Crippen molar-refractivity contribution in [2.75, 3.05) is 13.2 Å². The van der Waals surface area contributed by atoms with Gasteiger partial charge in [0.25, 0.3) is 5.91 Å². The maximum Gasteiger partial charge on any atom is 0.252 e. The summed E-state index contributed by atoms with van der Waals surface area (Å²) in [7, 11) is 0. The molecule has 0 radical (unpaired) electrons. The average Bonchev–Trinajstić information content (AvgIpc) is 2.37. The maximum atomic E-state index is 12.0. The van der Waals surface area contributed by atoms with Crippen molar-refractivity contribution < 1.29 is 9.90 Å². The van der Waals surface area contributed by atoms with E-state index in [0.717, 1.165) is 6.42 Å². The smallest absolute Gasteiger partial charge is 0.252 e. The van der Waals surface area contributed by atoms with Gasteiger partial charge in [-0.3, -0.25) is 4.79 Å². The van der Waals surface area contributed by atoms with Gasteiger partial charge in [-0.25, -0.2) is 0 Å². The predicted octanol–water partition coefficient (Wildman–Crippen LogP) is 2.77. The minimum atomic E-state index is -0.202. The van der Waals surface area contributed by atoms with Gasteiger partial charge in [-0.15, -0.1) is 12.6 Å². The molecule has 0 aliphatic carbocycles. The van der Waals surface area contributed by atoms with Crippen LogP contribution < -0.4 is 5.32 Å². The number of amides is 1. The molecule has 1 rings (SSSR count). The zero-order valence-electron chi connectivity index (χ0n) is 10.3. The summed E-state index contributed by atoms with van der Waals surface area (Å²) in [5.41, 5.74) is 0.433. The van der Waals surface area contributed by atoms with Crippen molar-refractivity contribution in [1.82, 2.24) is 5.32 Å². The number of thiol groups is 1. The van der Waals surface area contributed by atoms with Gasteiger partial charge in [0.2, 0.25) is 0 Å². The molecule has 0 saturated carbocycles. The fourth-order valence-corrected chi connectivity index (χ4v) is 2.06. The molecule has 0 bridgehead atoms. The zero-order valence-corrected chi connectivity index (χ0v) is 12.0. The summed E-state index contributed by atoms with van der Waals surface area (Å²) in [4.78, 5) is 12.7. The van der Waals surface area contributed by atoms with E-state index in [1.165, 1.54) is 0 Å². The predicted molar refractivity (Wildman–Crippen MR) is 76.5 cm³/mol. The van der Waals surface area contributed by atoms with Crippen molar-refractivity contribution in [2.45, 2.75) is 24.7 Å². The van der Waals surface area contributed by atoms with Gasteiger partial charge in [0.1, 0.15) is 0 Å². The third kappa shape index (κ3) is 4.52. The second-order valence-electron chi connectivity index (χ2n) is 4.16. The lowest BCUT2D eigenvalue weighted by atomic mass is 10.0. The molecular weight excluding hydrogens is 270 g/mol. The molecule has 0 aromatic heterocycles. The summed E-state index contributed by atoms with van der Waals surface area (Å²) in [6.45, 7) is 2.72. The Morgan fingerprint density at radius 1 is 1.56 bits per heavy atom. The molecule has 1 unspecified atom stereocenters. The van der Waals surface area contributed by atoms with E-state index in [0.29, 0.717) is 28.4 Å². The Balaban J connectivity index is 2.62. The van der Waals surface area contributed by atoms with Crippen molar-refractivity contribution >= 4 is 30.1 Å². The van der Waals surface area contributed by atoms with Gasteiger partial charge in [0.15, 0.2) is 0 Å². The van der Waals surface area contributed by atoms with Crippen LogP contribution >= 0.6 is 24.2 Å². The number of nitrogens with one attached hydrogen (secondary N) is 1. The largest absolute Gasteiger partial charge is 0.396 e. The van der Waals surface area contributed by atoms with Gasteiger partial charge >= 0.3 is 0 Å². The lowest BCUT2D eigenvalue weighted by Gasteiger charge is -2.14. The molecule has 0 spiro atoms. The molecule has 0 aliphatic heterocycles. The molecule has 0 fully saturated rings. The van der Waals surface area contributed by atoms with Crippen LogP contribution in [0.4, 0.5) is 0 Å². The Kier molecular flexibility index (Phi) is 6.54. The third-order valence-corrected chi connectivity index (χ3v) is 3.47. The van der Waals surface area contributed by atoms with Crippen LogP contribution in [-0.4, -0.2) is 24.2 Å². The highest BCUT2D eigenvalue weighted by atomic mass is 35.5. The van der Waals surface area contributed by atoms with Crippen LogP contribution in [0.2, 0.25) is 5.02 Å². The first-order valence-electron chi connectivity index (χ1n) is 5.96. The lowest BCUT2D eigenvalue weighted by molar-refractivity contribution is 0.0943. The highest BCUT2D eigenvalue weighted by molar-refractivity contribution is 7.80. The van der Waals surface area contributed by atoms with Crippen molar-refractivity contribution in [3.63, 3.8) is 0 Å². The number of halogens is 1. The summed E-state index contributed by atoms with van der Waals surface area (Å²) >= 11 is 10.2. The number of hydrogen-bond acceptors (Lipinski definition) is 3. The Labute approximate surface area is 118 Å². The van der Waals surface area contributed by atoms with Crippen molar-refractivity contribution in [3.05, 3.63) is 28.8 Å². The topological polar surface area (TPSA) is 49.3 Å². The number of aliphatic hydroxyl groups is 1. The minimum absolute atomic E-state index is 0.140. The van der Waals surface area contributed by atoms with E-state index in [2.05, 4.69) is 17.9 Å². The molecular formula is C13H18ClNO2S. The Bertz CT molecular complexity index is 412. The highest BCUT2D eigenvalue weighted by Gasteiger charge is 2.12. The van der Waals surface area contributed by atoms with Gasteiger partial charge in [-0.05, 0) is 30.5 Å². The van der Waals surface area contributed by atoms with E-state index in [1.807, 2.05) is 6.92 Å². The molecule has 3 nitrogen and oxygen atoms in total. The summed E-state index contributed by atoms with van der Waals surface area (Å²) in [6.07, 6.45) is 1.61. The van der Waals surface area contributed by atoms with Gasteiger partial charge in [-0.2, -0.15) is 0 Å². The second-order valence-corrected chi connectivity index (χ2v) is 5.08. The molecule has 0 aliphatic rings. The number of carbonyl (C=O) groups is 1. The molecule has 0 heterocycles. The Hall–Kier alpha value is -0.710. The third-order valence-electron chi connectivity index (χ3n) is 2.86. The summed E-state index contributed by atoms with van der Waals surface area (Å²) < 4.78 is 0. The molecule has 1 aromatic carbocycles. The van der Waals surface area contributed by atoms with Gasteiger partial charge < -0.3 is 10.4 Å². The van der Waals surface area contributed by atoms with Gasteiger partial charge in [0, 0.05) is 18.0 Å². The Morgan fingerprint density at radius 3 is 2.89 bits per heavy atom. The van der Waals surface area contributed by atoms with E-state index < -0.39 is 0 Å². The molecule has 100 valence electrons. The molecule has 2 N–H and O–H groups in total. The average molecular weight is 288 g/mol. The van der Waals surface area contributed by atoms with Crippen LogP contribution in [0.5, 0.6) is 0 Å². The fraction of sp³-hybridized carbons (Fsp3) is 0.462. The van der Waals surface area contributed by atoms with E-state index in [9.17, 15) is 4.79 Å². The van der Waals surface area contributed by atoms with Crippen LogP contribution in [0.15, 0.2) is 23.1 Å². The normalized spacial score (nSPS) is 12.2. The van der Waals surface area contributed by atoms with Crippen LogP contribution in [0.25, 0.3) is 0 Å². The quantitative estimate of drug-likeness (QED) is 0.705. The molecule has 0 saturated heterocycles. The summed E-state index contributed by atoms with van der Waals surface area (Å²) in [5, 5.41) is 12.1. The standard InChI is InChI=1S/C13H18ClNO2S/c1-2-9(5-6-16)8-15-13(17)11-7-10(18)3-4-12(11)14/h3-4,7,9,16,18H,2,5-6,8H2,1H3,(H,15,17). The first-order valence-corrected chi connectivity index (χ1v) is 6.78. The van der Waals surface area contributed by atoms with Crippen molar-refractivity contribution in [1.29, 1.82) is 0 Å². The van der Waals surface area contributed by atoms with Crippen LogP contribution in [0, 0.1) is 5.92 Å². The first-order chi connectivity index (χ1) is 8.58. The van der Waals surface area contributed by atoms with Crippen molar-refractivity contribution in [2.24, 2.45) is 5.92 Å². The molecule has 1 amide bonds. The number of rotatable bonds is 6. The molecule has 1 atom stereocenters. The van der Waals surface area contributed by atoms with E-state index in [-0.39, 0.29) is 18.4 Å². The second kappa shape index (κ2) is 7.67. The maximum absolute atomic E-state index is 12.0. The summed E-state index contributed by atoms with van der Waals surface area (Å²) in [5.74, 6) is 0.0872. The van der Waals surface area contributed by atoms with Crippen molar-refractivity contribution in [3.8, 4) is 0 Å². The number of carbonyl (C=O) groups excluding carboxylic acids is 1. The summed E-state index contributed by atoms with van der Waals surface area (Å²) in [6, 6.07) is 5.04. The molecule has 5 heteroatoms. The zero-order chi connectivity index (χ0) is 13.5. The number of aliphatic hydroxyl groups excluding tert-OH is 1. The molecule has 1 aromatic rings.